The summed E-state index contributed by atoms with van der Waals surface area (Å²) in [5, 5.41) is 22.9. The molecule has 3 aromatic rings. The molecule has 5 nitrogen and oxygen atoms in total. The van der Waals surface area contributed by atoms with Gasteiger partial charge in [0.1, 0.15) is 24.6 Å². The van der Waals surface area contributed by atoms with Crippen LogP contribution in [0.5, 0.6) is 0 Å². The minimum absolute atomic E-state index is 0.0656. The van der Waals surface area contributed by atoms with Crippen LogP contribution in [0, 0.1) is 12.7 Å². The predicted octanol–water partition coefficient (Wildman–Crippen LogP) is 4.07. The van der Waals surface area contributed by atoms with E-state index in [1.165, 1.54) is 12.1 Å². The van der Waals surface area contributed by atoms with Crippen LogP contribution in [0.1, 0.15) is 34.3 Å². The molecule has 0 aliphatic heterocycles. The van der Waals surface area contributed by atoms with Gasteiger partial charge in [-0.2, -0.15) is 0 Å². The molecular weight excluding hydrogens is 397 g/mol. The van der Waals surface area contributed by atoms with E-state index in [-0.39, 0.29) is 24.6 Å². The number of halogens is 1. The lowest BCUT2D eigenvalue weighted by atomic mass is 9.98. The van der Waals surface area contributed by atoms with Crippen LogP contribution in [-0.2, 0) is 4.74 Å². The van der Waals surface area contributed by atoms with Gasteiger partial charge >= 0.3 is 6.09 Å². The predicted molar refractivity (Wildman–Crippen MR) is 115 cm³/mol. The van der Waals surface area contributed by atoms with Gasteiger partial charge in [-0.15, -0.1) is 0 Å². The van der Waals surface area contributed by atoms with Crippen molar-refractivity contribution >= 4 is 6.09 Å². The Morgan fingerprint density at radius 3 is 2.26 bits per heavy atom. The number of ether oxygens (including phenoxy) is 1. The Morgan fingerprint density at radius 1 is 1.03 bits per heavy atom. The molecule has 3 N–H and O–H groups in total. The number of rotatable bonds is 6. The van der Waals surface area contributed by atoms with Crippen LogP contribution in [0.2, 0.25) is 0 Å². The largest absolute Gasteiger partial charge is 0.449 e. The van der Waals surface area contributed by atoms with E-state index in [9.17, 15) is 19.4 Å². The lowest BCUT2D eigenvalue weighted by Gasteiger charge is -2.19. The van der Waals surface area contributed by atoms with E-state index in [1.807, 2.05) is 36.4 Å². The quantitative estimate of drug-likeness (QED) is 0.561. The second kappa shape index (κ2) is 8.88. The maximum absolute atomic E-state index is 13.7. The van der Waals surface area contributed by atoms with Gasteiger partial charge in [-0.1, -0.05) is 60.7 Å². The summed E-state index contributed by atoms with van der Waals surface area (Å²) in [5.41, 5.74) is 5.17. The lowest BCUT2D eigenvalue weighted by Crippen LogP contribution is -2.36. The Kier molecular flexibility index (Phi) is 6.02. The number of hydrogen-bond acceptors (Lipinski definition) is 4. The zero-order chi connectivity index (χ0) is 22.0. The summed E-state index contributed by atoms with van der Waals surface area (Å²) in [4.78, 5) is 12.2. The van der Waals surface area contributed by atoms with E-state index in [4.69, 9.17) is 4.74 Å². The van der Waals surface area contributed by atoms with Crippen LogP contribution < -0.4 is 5.32 Å². The third-order valence-corrected chi connectivity index (χ3v) is 5.70. The molecule has 2 atom stereocenters. The van der Waals surface area contributed by atoms with Crippen molar-refractivity contribution in [3.63, 3.8) is 0 Å². The first-order valence-corrected chi connectivity index (χ1v) is 10.2. The molecule has 3 aromatic carbocycles. The van der Waals surface area contributed by atoms with Crippen molar-refractivity contribution in [3.05, 3.63) is 94.8 Å². The van der Waals surface area contributed by atoms with Crippen LogP contribution in [0.3, 0.4) is 0 Å². The molecule has 4 rings (SSSR count). The second-order valence-corrected chi connectivity index (χ2v) is 7.73. The number of aliphatic hydroxyl groups is 2. The average molecular weight is 421 g/mol. The number of fused-ring (bicyclic) bond motifs is 3. The van der Waals surface area contributed by atoms with Crippen LogP contribution >= 0.6 is 0 Å². The summed E-state index contributed by atoms with van der Waals surface area (Å²) in [6, 6.07) is 20.3. The number of aryl methyl sites for hydroxylation is 1. The minimum Gasteiger partial charge on any atom is -0.449 e. The number of nitrogens with one attached hydrogen (secondary N) is 1. The number of carbonyl (C=O) groups excluding carboxylic acids is 1. The fourth-order valence-electron chi connectivity index (χ4n) is 3.96. The molecule has 0 bridgehead atoms. The molecule has 6 heteroatoms. The summed E-state index contributed by atoms with van der Waals surface area (Å²) in [7, 11) is 0. The van der Waals surface area contributed by atoms with E-state index in [1.54, 1.807) is 13.0 Å². The Hall–Kier alpha value is -3.22. The fraction of sp³-hybridized carbons (Fsp3) is 0.240. The average Bonchev–Trinajstić information content (AvgIpc) is 3.11. The Bertz CT molecular complexity index is 1050. The Labute approximate surface area is 180 Å². The van der Waals surface area contributed by atoms with Crippen LogP contribution in [0.4, 0.5) is 9.18 Å². The van der Waals surface area contributed by atoms with Crippen molar-refractivity contribution in [1.82, 2.24) is 5.32 Å². The van der Waals surface area contributed by atoms with Crippen molar-refractivity contribution in [3.8, 4) is 11.1 Å². The fourth-order valence-corrected chi connectivity index (χ4v) is 3.96. The highest BCUT2D eigenvalue weighted by molar-refractivity contribution is 5.79. The summed E-state index contributed by atoms with van der Waals surface area (Å²) >= 11 is 0. The zero-order valence-corrected chi connectivity index (χ0v) is 17.1. The van der Waals surface area contributed by atoms with Crippen molar-refractivity contribution in [2.45, 2.75) is 25.0 Å². The minimum atomic E-state index is -1.33. The highest BCUT2D eigenvalue weighted by Gasteiger charge is 2.29. The normalized spacial score (nSPS) is 14.5. The first-order chi connectivity index (χ1) is 15.0. The summed E-state index contributed by atoms with van der Waals surface area (Å²) in [5.74, 6) is -0.530. The first-order valence-electron chi connectivity index (χ1n) is 10.2. The van der Waals surface area contributed by atoms with E-state index in [0.717, 1.165) is 22.3 Å². The maximum Gasteiger partial charge on any atom is 0.407 e. The smallest absolute Gasteiger partial charge is 0.407 e. The maximum atomic E-state index is 13.7. The zero-order valence-electron chi connectivity index (χ0n) is 17.1. The molecule has 0 saturated carbocycles. The number of benzene rings is 3. The number of hydrogen-bond donors (Lipinski definition) is 3. The van der Waals surface area contributed by atoms with E-state index in [0.29, 0.717) is 5.56 Å². The van der Waals surface area contributed by atoms with Gasteiger partial charge < -0.3 is 20.3 Å². The van der Waals surface area contributed by atoms with Crippen molar-refractivity contribution in [1.29, 1.82) is 0 Å². The van der Waals surface area contributed by atoms with Gasteiger partial charge in [-0.25, -0.2) is 9.18 Å². The van der Waals surface area contributed by atoms with Crippen molar-refractivity contribution in [2.75, 3.05) is 13.2 Å². The molecule has 0 aromatic heterocycles. The SMILES string of the molecule is Cc1ccc(C(O)C(O)CNC(=O)OCC2c3ccccc3-c3ccccc32)cc1F. The number of amides is 1. The first kappa shape index (κ1) is 21.0. The molecule has 0 saturated heterocycles. The van der Waals surface area contributed by atoms with E-state index in [2.05, 4.69) is 17.4 Å². The molecule has 1 aliphatic rings. The van der Waals surface area contributed by atoms with E-state index < -0.39 is 24.1 Å². The highest BCUT2D eigenvalue weighted by atomic mass is 19.1. The van der Waals surface area contributed by atoms with Gasteiger partial charge in [-0.3, -0.25) is 0 Å². The number of carbonyl (C=O) groups is 1. The standard InChI is InChI=1S/C25H24FNO4/c1-15-10-11-16(12-22(15)26)24(29)23(28)13-27-25(30)31-14-21-19-8-4-2-6-17(19)18-7-3-5-9-20(18)21/h2-12,21,23-24,28-29H,13-14H2,1H3,(H,27,30). The van der Waals surface area contributed by atoms with Gasteiger partial charge in [0.05, 0.1) is 0 Å². The van der Waals surface area contributed by atoms with Crippen LogP contribution in [0.15, 0.2) is 66.7 Å². The third-order valence-electron chi connectivity index (χ3n) is 5.70. The topological polar surface area (TPSA) is 78.8 Å². The van der Waals surface area contributed by atoms with Gasteiger partial charge in [0.25, 0.3) is 0 Å². The van der Waals surface area contributed by atoms with Gasteiger partial charge in [-0.05, 0) is 46.4 Å². The third kappa shape index (κ3) is 4.31. The Morgan fingerprint density at radius 2 is 1.65 bits per heavy atom. The van der Waals surface area contributed by atoms with Gasteiger partial charge in [0.15, 0.2) is 0 Å². The lowest BCUT2D eigenvalue weighted by molar-refractivity contribution is 0.0184. The second-order valence-electron chi connectivity index (χ2n) is 7.73. The van der Waals surface area contributed by atoms with Crippen LogP contribution in [-0.4, -0.2) is 35.6 Å². The monoisotopic (exact) mass is 421 g/mol. The molecule has 0 spiro atoms. The molecule has 2 unspecified atom stereocenters. The van der Waals surface area contributed by atoms with Crippen LogP contribution in [0.25, 0.3) is 11.1 Å². The number of aliphatic hydroxyl groups excluding tert-OH is 2. The molecular formula is C25H24FNO4. The summed E-state index contributed by atoms with van der Waals surface area (Å²) < 4.78 is 19.1. The van der Waals surface area contributed by atoms with Gasteiger partial charge in [0.2, 0.25) is 0 Å². The molecule has 0 fully saturated rings. The summed E-state index contributed by atoms with van der Waals surface area (Å²) in [6.45, 7) is 1.54. The van der Waals surface area contributed by atoms with Gasteiger partial charge in [0, 0.05) is 12.5 Å². The Balaban J connectivity index is 1.34. The number of alkyl carbamates (subject to hydrolysis) is 1. The molecule has 0 radical (unpaired) electrons. The summed E-state index contributed by atoms with van der Waals surface area (Å²) in [6.07, 6.45) is -3.32. The highest BCUT2D eigenvalue weighted by Crippen LogP contribution is 2.44. The van der Waals surface area contributed by atoms with Crippen molar-refractivity contribution < 1.29 is 24.1 Å². The van der Waals surface area contributed by atoms with Crippen molar-refractivity contribution in [2.24, 2.45) is 0 Å². The molecule has 31 heavy (non-hydrogen) atoms. The molecule has 0 heterocycles. The van der Waals surface area contributed by atoms with E-state index >= 15 is 0 Å². The molecule has 160 valence electrons. The molecule has 1 aliphatic carbocycles. The molecule has 1 amide bonds.